The molecule has 1 atom stereocenters. The first kappa shape index (κ1) is 11.1. The number of rotatable bonds is 1. The number of hydrogen-bond donors (Lipinski definition) is 1. The van der Waals surface area contributed by atoms with Crippen LogP contribution in [0.3, 0.4) is 0 Å². The summed E-state index contributed by atoms with van der Waals surface area (Å²) in [6, 6.07) is 6.42. The van der Waals surface area contributed by atoms with Crippen LogP contribution in [0.4, 0.5) is 10.5 Å². The summed E-state index contributed by atoms with van der Waals surface area (Å²) in [6.45, 7) is 1.58. The molecule has 84 valence electrons. The van der Waals surface area contributed by atoms with Crippen LogP contribution >= 0.6 is 15.9 Å². The fraction of sp³-hybridized carbons (Fsp3) is 0.200. The van der Waals surface area contributed by atoms with Crippen molar-refractivity contribution in [3.63, 3.8) is 0 Å². The lowest BCUT2D eigenvalue weighted by molar-refractivity contribution is -0.133. The summed E-state index contributed by atoms with van der Waals surface area (Å²) in [5, 5.41) is 3.27. The van der Waals surface area contributed by atoms with E-state index < -0.39 is 18.0 Å². The van der Waals surface area contributed by atoms with Gasteiger partial charge in [0, 0.05) is 4.47 Å². The zero-order valence-electron chi connectivity index (χ0n) is 8.44. The molecule has 1 heterocycles. The van der Waals surface area contributed by atoms with E-state index in [1.807, 2.05) is 0 Å². The summed E-state index contributed by atoms with van der Waals surface area (Å²) in [5.74, 6) is -0.432. The van der Waals surface area contributed by atoms with E-state index in [9.17, 15) is 9.59 Å². The van der Waals surface area contributed by atoms with Gasteiger partial charge in [-0.3, -0.25) is 14.9 Å². The smallest absolute Gasteiger partial charge is 0.273 e. The molecule has 0 unspecified atom stereocenters. The molecule has 1 fully saturated rings. The number of hydrogen-bond acceptors (Lipinski definition) is 3. The van der Waals surface area contributed by atoms with Crippen molar-refractivity contribution in [3.8, 4) is 0 Å². The number of carbonyl (C=O) groups is 2. The molecule has 0 aliphatic carbocycles. The molecule has 0 radical (unpaired) electrons. The third-order valence-corrected chi connectivity index (χ3v) is 2.64. The molecule has 1 aliphatic heterocycles. The van der Waals surface area contributed by atoms with E-state index in [0.717, 1.165) is 9.54 Å². The molecule has 6 heteroatoms. The van der Waals surface area contributed by atoms with Gasteiger partial charge in [-0.1, -0.05) is 15.9 Å². The zero-order chi connectivity index (χ0) is 11.7. The minimum absolute atomic E-state index is 0.432. The summed E-state index contributed by atoms with van der Waals surface area (Å²) < 4.78 is 0.901. The molecule has 0 saturated carbocycles. The lowest BCUT2D eigenvalue weighted by Crippen LogP contribution is -2.54. The molecule has 1 aromatic carbocycles. The van der Waals surface area contributed by atoms with E-state index in [0.29, 0.717) is 5.69 Å². The van der Waals surface area contributed by atoms with Gasteiger partial charge in [-0.2, -0.15) is 5.06 Å². The van der Waals surface area contributed by atoms with Crippen molar-refractivity contribution in [1.29, 1.82) is 0 Å². The molecular weight excluding hydrogens is 276 g/mol. The maximum absolute atomic E-state index is 11.5. The molecule has 16 heavy (non-hydrogen) atoms. The normalized spacial score (nSPS) is 20.9. The monoisotopic (exact) mass is 284 g/mol. The van der Waals surface area contributed by atoms with E-state index >= 15 is 0 Å². The predicted molar refractivity (Wildman–Crippen MR) is 60.7 cm³/mol. The maximum Gasteiger partial charge on any atom is 0.352 e. The van der Waals surface area contributed by atoms with Gasteiger partial charge in [0.25, 0.3) is 5.91 Å². The molecular formula is C10H9BrN2O3. The van der Waals surface area contributed by atoms with E-state index in [1.54, 1.807) is 31.2 Å². The lowest BCUT2D eigenvalue weighted by atomic mass is 10.3. The summed E-state index contributed by atoms with van der Waals surface area (Å²) in [4.78, 5) is 27.8. The largest absolute Gasteiger partial charge is 0.352 e. The Balaban J connectivity index is 2.24. The van der Waals surface area contributed by atoms with Crippen LogP contribution in [0.15, 0.2) is 28.7 Å². The quantitative estimate of drug-likeness (QED) is 0.856. The second-order valence-electron chi connectivity index (χ2n) is 3.31. The minimum Gasteiger partial charge on any atom is -0.273 e. The van der Waals surface area contributed by atoms with Crippen LogP contribution in [0, 0.1) is 0 Å². The number of imide groups is 1. The number of benzene rings is 1. The minimum atomic E-state index is -0.679. The number of nitrogens with zero attached hydrogens (tertiary/aromatic N) is 1. The van der Waals surface area contributed by atoms with Gasteiger partial charge >= 0.3 is 6.03 Å². The van der Waals surface area contributed by atoms with E-state index in [1.165, 1.54) is 0 Å². The van der Waals surface area contributed by atoms with E-state index in [2.05, 4.69) is 21.2 Å². The molecule has 5 nitrogen and oxygen atoms in total. The SMILES string of the molecule is C[C@H]1ON(c2ccc(Br)cc2)C(=O)NC1=O. The Morgan fingerprint density at radius 2 is 1.94 bits per heavy atom. The fourth-order valence-electron chi connectivity index (χ4n) is 1.27. The van der Waals surface area contributed by atoms with Crippen LogP contribution in [-0.2, 0) is 9.63 Å². The maximum atomic E-state index is 11.5. The van der Waals surface area contributed by atoms with Gasteiger partial charge in [0.05, 0.1) is 5.69 Å². The highest BCUT2D eigenvalue weighted by molar-refractivity contribution is 9.10. The molecule has 1 aliphatic rings. The lowest BCUT2D eigenvalue weighted by Gasteiger charge is -2.29. The Morgan fingerprint density at radius 3 is 2.56 bits per heavy atom. The van der Waals surface area contributed by atoms with Gasteiger partial charge < -0.3 is 0 Å². The first-order chi connectivity index (χ1) is 7.58. The first-order valence-corrected chi connectivity index (χ1v) is 5.44. The predicted octanol–water partition coefficient (Wildman–Crippen LogP) is 1.83. The summed E-state index contributed by atoms with van der Waals surface area (Å²) in [6.07, 6.45) is -0.679. The van der Waals surface area contributed by atoms with Crippen molar-refractivity contribution in [2.24, 2.45) is 0 Å². The summed E-state index contributed by atoms with van der Waals surface area (Å²) in [7, 11) is 0. The van der Waals surface area contributed by atoms with Crippen LogP contribution in [0.2, 0.25) is 0 Å². The first-order valence-electron chi connectivity index (χ1n) is 4.65. The second kappa shape index (κ2) is 4.23. The van der Waals surface area contributed by atoms with Gasteiger partial charge in [0.1, 0.15) is 0 Å². The van der Waals surface area contributed by atoms with Crippen LogP contribution in [0.5, 0.6) is 0 Å². The Morgan fingerprint density at radius 1 is 1.31 bits per heavy atom. The van der Waals surface area contributed by atoms with Gasteiger partial charge in [0.15, 0.2) is 6.10 Å². The van der Waals surface area contributed by atoms with E-state index in [-0.39, 0.29) is 0 Å². The second-order valence-corrected chi connectivity index (χ2v) is 4.23. The summed E-state index contributed by atoms with van der Waals surface area (Å²) >= 11 is 3.29. The Labute approximate surface area is 100 Å². The Kier molecular flexibility index (Phi) is 2.93. The Hall–Kier alpha value is -1.40. The number of hydroxylamine groups is 1. The molecule has 3 amide bonds. The molecule has 0 bridgehead atoms. The molecule has 0 spiro atoms. The molecule has 2 rings (SSSR count). The van der Waals surface area contributed by atoms with Crippen molar-refractivity contribution >= 4 is 33.6 Å². The van der Waals surface area contributed by atoms with Gasteiger partial charge in [-0.15, -0.1) is 0 Å². The third kappa shape index (κ3) is 2.07. The standard InChI is InChI=1S/C10H9BrN2O3/c1-6-9(14)12-10(15)13(16-6)8-4-2-7(11)3-5-8/h2-6H,1H3,(H,12,14,15)/t6-/m1/s1. The van der Waals surface area contributed by atoms with Crippen LogP contribution in [0.25, 0.3) is 0 Å². The van der Waals surface area contributed by atoms with Crippen LogP contribution < -0.4 is 10.4 Å². The zero-order valence-corrected chi connectivity index (χ0v) is 10.0. The van der Waals surface area contributed by atoms with Gasteiger partial charge in [-0.25, -0.2) is 4.79 Å². The van der Waals surface area contributed by atoms with E-state index in [4.69, 9.17) is 4.84 Å². The van der Waals surface area contributed by atoms with Crippen molar-refractivity contribution in [1.82, 2.24) is 5.32 Å². The number of halogens is 1. The highest BCUT2D eigenvalue weighted by atomic mass is 79.9. The molecule has 1 aromatic rings. The van der Waals surface area contributed by atoms with Crippen molar-refractivity contribution in [2.45, 2.75) is 13.0 Å². The third-order valence-electron chi connectivity index (χ3n) is 2.11. The molecule has 0 aromatic heterocycles. The number of urea groups is 1. The summed E-state index contributed by atoms with van der Waals surface area (Å²) in [5.41, 5.74) is 0.569. The van der Waals surface area contributed by atoms with Crippen molar-refractivity contribution in [3.05, 3.63) is 28.7 Å². The van der Waals surface area contributed by atoms with Crippen molar-refractivity contribution < 1.29 is 14.4 Å². The fourth-order valence-corrected chi connectivity index (χ4v) is 1.53. The number of anilines is 1. The van der Waals surface area contributed by atoms with Crippen LogP contribution in [-0.4, -0.2) is 18.0 Å². The van der Waals surface area contributed by atoms with Crippen LogP contribution in [0.1, 0.15) is 6.92 Å². The Bertz CT molecular complexity index is 432. The number of nitrogens with one attached hydrogen (secondary N) is 1. The van der Waals surface area contributed by atoms with Gasteiger partial charge in [-0.05, 0) is 31.2 Å². The van der Waals surface area contributed by atoms with Crippen molar-refractivity contribution in [2.75, 3.05) is 5.06 Å². The van der Waals surface area contributed by atoms with Gasteiger partial charge in [0.2, 0.25) is 0 Å². The number of carbonyl (C=O) groups excluding carboxylic acids is 2. The average Bonchev–Trinajstić information content (AvgIpc) is 2.25. The highest BCUT2D eigenvalue weighted by Crippen LogP contribution is 2.21. The molecule has 1 saturated heterocycles. The molecule has 1 N–H and O–H groups in total. The average molecular weight is 285 g/mol. The highest BCUT2D eigenvalue weighted by Gasteiger charge is 2.31. The topological polar surface area (TPSA) is 58.6 Å². The number of amides is 3.